The summed E-state index contributed by atoms with van der Waals surface area (Å²) < 4.78 is 28.9. The molecule has 4 heterocycles. The normalized spacial score (nSPS) is 24.4. The molecule has 10 heteroatoms. The third kappa shape index (κ3) is 8.08. The van der Waals surface area contributed by atoms with Crippen LogP contribution in [0.3, 0.4) is 0 Å². The van der Waals surface area contributed by atoms with Crippen LogP contribution >= 0.6 is 0 Å². The Morgan fingerprint density at radius 2 is 1.88 bits per heavy atom. The minimum absolute atomic E-state index is 0.0141. The highest BCUT2D eigenvalue weighted by atomic mass is 16.5. The first-order valence-electron chi connectivity index (χ1n) is 16.2. The fraction of sp³-hybridized carbons (Fsp3) is 0.758. The predicted molar refractivity (Wildman–Crippen MR) is 163 cm³/mol. The number of rotatable bonds is 12. The van der Waals surface area contributed by atoms with Crippen molar-refractivity contribution in [2.24, 2.45) is 11.3 Å². The van der Waals surface area contributed by atoms with Crippen LogP contribution < -0.4 is 20.3 Å². The van der Waals surface area contributed by atoms with Gasteiger partial charge in [-0.15, -0.1) is 0 Å². The van der Waals surface area contributed by atoms with Crippen LogP contribution in [0, 0.1) is 11.3 Å². The lowest BCUT2D eigenvalue weighted by atomic mass is 9.82. The number of nitrogens with zero attached hydrogens (tertiary/aromatic N) is 1. The van der Waals surface area contributed by atoms with E-state index in [-0.39, 0.29) is 24.0 Å². The Morgan fingerprint density at radius 1 is 1.12 bits per heavy atom. The number of ether oxygens (including phenoxy) is 5. The average molecular weight is 602 g/mol. The van der Waals surface area contributed by atoms with Crippen molar-refractivity contribution >= 4 is 17.5 Å². The van der Waals surface area contributed by atoms with Crippen LogP contribution in [-0.4, -0.2) is 89.3 Å². The van der Waals surface area contributed by atoms with Gasteiger partial charge in [0.2, 0.25) is 5.91 Å². The van der Waals surface area contributed by atoms with Crippen molar-refractivity contribution in [2.45, 2.75) is 89.6 Å². The van der Waals surface area contributed by atoms with Crippen LogP contribution in [0.5, 0.6) is 5.75 Å². The highest BCUT2D eigenvalue weighted by Crippen LogP contribution is 2.42. The molecule has 2 atom stereocenters. The molecule has 43 heavy (non-hydrogen) atoms. The van der Waals surface area contributed by atoms with Gasteiger partial charge in [-0.3, -0.25) is 9.59 Å². The second kappa shape index (κ2) is 14.7. The van der Waals surface area contributed by atoms with Crippen molar-refractivity contribution in [1.82, 2.24) is 10.6 Å². The van der Waals surface area contributed by atoms with Crippen LogP contribution in [0.1, 0.15) is 70.8 Å². The minimum atomic E-state index is -0.847. The molecule has 4 aliphatic rings. The van der Waals surface area contributed by atoms with Gasteiger partial charge in [0.05, 0.1) is 31.6 Å². The molecule has 2 amide bonds. The molecule has 0 bridgehead atoms. The van der Waals surface area contributed by atoms with E-state index in [2.05, 4.69) is 10.6 Å². The summed E-state index contributed by atoms with van der Waals surface area (Å²) in [4.78, 5) is 28.5. The zero-order valence-electron chi connectivity index (χ0n) is 26.3. The largest absolute Gasteiger partial charge is 0.475 e. The first-order valence-corrected chi connectivity index (χ1v) is 16.2. The van der Waals surface area contributed by atoms with Crippen LogP contribution in [-0.2, 0) is 35.1 Å². The Labute approximate surface area is 256 Å². The Morgan fingerprint density at radius 3 is 2.60 bits per heavy atom. The molecular formula is C33H51N3O7. The second-order valence-electron chi connectivity index (χ2n) is 13.3. The molecule has 0 saturated carbocycles. The van der Waals surface area contributed by atoms with Crippen molar-refractivity contribution in [1.29, 1.82) is 0 Å². The van der Waals surface area contributed by atoms with Crippen LogP contribution in [0.2, 0.25) is 0 Å². The molecule has 1 aromatic carbocycles. The number of fused-ring (bicyclic) bond motifs is 1. The van der Waals surface area contributed by atoms with E-state index < -0.39 is 11.0 Å². The van der Waals surface area contributed by atoms with E-state index in [1.54, 1.807) is 7.11 Å². The molecule has 0 radical (unpaired) electrons. The van der Waals surface area contributed by atoms with E-state index >= 15 is 0 Å². The van der Waals surface area contributed by atoms with Gasteiger partial charge in [0.25, 0.3) is 5.91 Å². The molecule has 240 valence electrons. The molecule has 3 saturated heterocycles. The lowest BCUT2D eigenvalue weighted by molar-refractivity contribution is -0.144. The van der Waals surface area contributed by atoms with Crippen LogP contribution in [0.25, 0.3) is 0 Å². The zero-order valence-corrected chi connectivity index (χ0v) is 26.3. The maximum absolute atomic E-state index is 13.7. The highest BCUT2D eigenvalue weighted by molar-refractivity contribution is 6.03. The van der Waals surface area contributed by atoms with Gasteiger partial charge in [-0.05, 0) is 62.1 Å². The number of benzene rings is 1. The van der Waals surface area contributed by atoms with E-state index in [1.165, 1.54) is 0 Å². The van der Waals surface area contributed by atoms with Crippen molar-refractivity contribution in [2.75, 3.05) is 64.7 Å². The van der Waals surface area contributed by atoms with Gasteiger partial charge >= 0.3 is 0 Å². The van der Waals surface area contributed by atoms with Gasteiger partial charge < -0.3 is 39.2 Å². The first-order chi connectivity index (χ1) is 20.8. The number of nitrogens with one attached hydrogen (secondary N) is 2. The molecule has 10 nitrogen and oxygen atoms in total. The van der Waals surface area contributed by atoms with E-state index in [4.69, 9.17) is 23.7 Å². The smallest absolute Gasteiger partial charge is 0.271 e. The van der Waals surface area contributed by atoms with Crippen LogP contribution in [0.4, 0.5) is 5.69 Å². The van der Waals surface area contributed by atoms with Crippen molar-refractivity contribution < 1.29 is 33.3 Å². The maximum Gasteiger partial charge on any atom is 0.271 e. The van der Waals surface area contributed by atoms with Gasteiger partial charge in [0.15, 0.2) is 5.60 Å². The van der Waals surface area contributed by atoms with E-state index in [1.807, 2.05) is 36.9 Å². The van der Waals surface area contributed by atoms with Gasteiger partial charge in [-0.25, -0.2) is 0 Å². The van der Waals surface area contributed by atoms with Gasteiger partial charge in [0.1, 0.15) is 5.75 Å². The number of methoxy groups -OCH3 is 1. The average Bonchev–Trinajstić information content (AvgIpc) is 3.02. The minimum Gasteiger partial charge on any atom is -0.475 e. The standard InChI is InChI=1S/C33H51N3O7/c1-32(2,30(37)35-21-24-9-15-40-16-10-24)20-26-6-7-27(22-34-26)42-23-25-5-8-29-28(19-25)36(13-4-14-39-3)31(38)33(43-29)11-17-41-18-12-33/h5,8,19,24,26-27,34H,4,6-7,9-18,20-23H2,1-3H3,(H,35,37)/t26-,27+/m0/s1. The summed E-state index contributed by atoms with van der Waals surface area (Å²) >= 11 is 0. The van der Waals surface area contributed by atoms with Gasteiger partial charge in [-0.2, -0.15) is 0 Å². The van der Waals surface area contributed by atoms with Crippen LogP contribution in [0.15, 0.2) is 18.2 Å². The number of anilines is 1. The van der Waals surface area contributed by atoms with E-state index in [0.29, 0.717) is 51.7 Å². The molecule has 5 rings (SSSR count). The zero-order chi connectivity index (χ0) is 30.3. The number of carbonyl (C=O) groups is 2. The Hall–Kier alpha value is -2.24. The summed E-state index contributed by atoms with van der Waals surface area (Å²) in [5.41, 5.74) is 0.538. The molecule has 0 aliphatic carbocycles. The lowest BCUT2D eigenvalue weighted by Crippen LogP contribution is -2.58. The number of carbonyl (C=O) groups excluding carboxylic acids is 2. The SMILES string of the molecule is COCCCN1C(=O)C2(CCOCC2)Oc2ccc(CO[C@@H]3CC[C@@H](CC(C)(C)C(=O)NCC4CCOCC4)NC3)cc21. The molecule has 1 aromatic rings. The van der Waals surface area contributed by atoms with Crippen molar-refractivity contribution in [3.63, 3.8) is 0 Å². The number of hydrogen-bond acceptors (Lipinski definition) is 8. The third-order valence-electron chi connectivity index (χ3n) is 9.51. The summed E-state index contributed by atoms with van der Waals surface area (Å²) in [5.74, 6) is 1.40. The quantitative estimate of drug-likeness (QED) is 0.350. The summed E-state index contributed by atoms with van der Waals surface area (Å²) in [6, 6.07) is 6.34. The number of amides is 2. The Kier molecular flexibility index (Phi) is 11.0. The maximum atomic E-state index is 13.7. The molecule has 4 aliphatic heterocycles. The second-order valence-corrected chi connectivity index (χ2v) is 13.3. The van der Waals surface area contributed by atoms with Crippen molar-refractivity contribution in [3.8, 4) is 5.75 Å². The molecule has 3 fully saturated rings. The molecule has 0 aromatic heterocycles. The Bertz CT molecular complexity index is 1080. The molecule has 2 N–H and O–H groups in total. The van der Waals surface area contributed by atoms with Gasteiger partial charge in [-0.1, -0.05) is 19.9 Å². The van der Waals surface area contributed by atoms with Crippen molar-refractivity contribution in [3.05, 3.63) is 23.8 Å². The first kappa shape index (κ1) is 32.2. The molecule has 0 unspecified atom stereocenters. The molecular weight excluding hydrogens is 550 g/mol. The number of hydrogen-bond donors (Lipinski definition) is 2. The predicted octanol–water partition coefficient (Wildman–Crippen LogP) is 3.59. The topological polar surface area (TPSA) is 108 Å². The third-order valence-corrected chi connectivity index (χ3v) is 9.51. The highest BCUT2D eigenvalue weighted by Gasteiger charge is 2.49. The Balaban J connectivity index is 1.11. The summed E-state index contributed by atoms with van der Waals surface area (Å²) in [6.07, 6.45) is 6.71. The summed E-state index contributed by atoms with van der Waals surface area (Å²) in [5, 5.41) is 6.83. The van der Waals surface area contributed by atoms with E-state index in [0.717, 1.165) is 81.8 Å². The lowest BCUT2D eigenvalue weighted by Gasteiger charge is -2.44. The number of piperidine rings is 1. The summed E-state index contributed by atoms with van der Waals surface area (Å²) in [6.45, 7) is 9.85. The fourth-order valence-corrected chi connectivity index (χ4v) is 6.72. The summed E-state index contributed by atoms with van der Waals surface area (Å²) in [7, 11) is 1.68. The molecule has 1 spiro atoms. The fourth-order valence-electron chi connectivity index (χ4n) is 6.72. The van der Waals surface area contributed by atoms with E-state index in [9.17, 15) is 9.59 Å². The van der Waals surface area contributed by atoms with Gasteiger partial charge in [0, 0.05) is 70.9 Å². The monoisotopic (exact) mass is 601 g/mol.